The molecule has 0 saturated heterocycles. The number of hydrogen-bond acceptors (Lipinski definition) is 2. The molecule has 1 aliphatic rings. The van der Waals surface area contributed by atoms with Crippen molar-refractivity contribution in [2.24, 2.45) is 11.8 Å². The summed E-state index contributed by atoms with van der Waals surface area (Å²) in [5.74, 6) is 0.452. The summed E-state index contributed by atoms with van der Waals surface area (Å²) in [6.45, 7) is 1.61. The summed E-state index contributed by atoms with van der Waals surface area (Å²) < 4.78 is 11.3. The summed E-state index contributed by atoms with van der Waals surface area (Å²) >= 11 is 0. The maximum Gasteiger partial charge on any atom is 0.307 e. The molecule has 1 saturated carbocycles. The second-order valence-corrected chi connectivity index (χ2v) is 5.40. The maximum atomic E-state index is 11.3. The molecule has 0 aromatic heterocycles. The van der Waals surface area contributed by atoms with E-state index in [0.29, 0.717) is 11.5 Å². The molecule has 0 aromatic rings. The van der Waals surface area contributed by atoms with E-state index in [1.807, 2.05) is 0 Å². The lowest BCUT2D eigenvalue weighted by Crippen LogP contribution is -2.18. The Hall–Kier alpha value is -0.380. The first kappa shape index (κ1) is 10.7. The Balaban J connectivity index is 2.11. The van der Waals surface area contributed by atoms with Gasteiger partial charge in [0, 0.05) is 22.3 Å². The van der Waals surface area contributed by atoms with Gasteiger partial charge in [0.2, 0.25) is 0 Å². The number of hydrogen-bond donors (Lipinski definition) is 1. The number of aliphatic carboxylic acids is 1. The Labute approximate surface area is 81.0 Å². The van der Waals surface area contributed by atoms with Gasteiger partial charge in [-0.05, 0) is 12.3 Å². The molecule has 1 rings (SSSR count). The van der Waals surface area contributed by atoms with Crippen molar-refractivity contribution in [1.82, 2.24) is 0 Å². The molecule has 2 atom stereocenters. The molecule has 1 aliphatic carbocycles. The van der Waals surface area contributed by atoms with Crippen molar-refractivity contribution in [2.75, 3.05) is 11.5 Å². The number of carboxylic acid groups (broad SMARTS) is 1. The van der Waals surface area contributed by atoms with E-state index >= 15 is 0 Å². The predicted octanol–water partition coefficient (Wildman–Crippen LogP) is 1.26. The van der Waals surface area contributed by atoms with Crippen LogP contribution in [-0.4, -0.2) is 26.8 Å². The first-order chi connectivity index (χ1) is 6.09. The van der Waals surface area contributed by atoms with Crippen molar-refractivity contribution >= 4 is 16.8 Å². The van der Waals surface area contributed by atoms with Crippen LogP contribution < -0.4 is 0 Å². The van der Waals surface area contributed by atoms with E-state index in [-0.39, 0.29) is 0 Å². The van der Waals surface area contributed by atoms with Crippen LogP contribution in [0.5, 0.6) is 0 Å². The van der Waals surface area contributed by atoms with Crippen LogP contribution in [0.25, 0.3) is 0 Å². The summed E-state index contributed by atoms with van der Waals surface area (Å²) in [4.78, 5) is 10.5. The Morgan fingerprint density at radius 3 is 2.69 bits per heavy atom. The monoisotopic (exact) mass is 204 g/mol. The van der Waals surface area contributed by atoms with Gasteiger partial charge in [-0.3, -0.25) is 9.00 Å². The van der Waals surface area contributed by atoms with Crippen molar-refractivity contribution in [3.8, 4) is 0 Å². The van der Waals surface area contributed by atoms with E-state index in [2.05, 4.69) is 0 Å². The largest absolute Gasteiger partial charge is 0.481 e. The Morgan fingerprint density at radius 1 is 1.62 bits per heavy atom. The van der Waals surface area contributed by atoms with Gasteiger partial charge in [-0.15, -0.1) is 0 Å². The lowest BCUT2D eigenvalue weighted by Gasteiger charge is -2.05. The van der Waals surface area contributed by atoms with Gasteiger partial charge in [-0.25, -0.2) is 0 Å². The zero-order valence-corrected chi connectivity index (χ0v) is 8.68. The highest BCUT2D eigenvalue weighted by Crippen LogP contribution is 2.32. The van der Waals surface area contributed by atoms with Gasteiger partial charge in [0.15, 0.2) is 0 Å². The van der Waals surface area contributed by atoms with Crippen molar-refractivity contribution in [2.45, 2.75) is 26.2 Å². The van der Waals surface area contributed by atoms with Gasteiger partial charge in [0.25, 0.3) is 0 Å². The van der Waals surface area contributed by atoms with E-state index in [1.54, 1.807) is 6.92 Å². The van der Waals surface area contributed by atoms with Crippen molar-refractivity contribution in [1.29, 1.82) is 0 Å². The smallest absolute Gasteiger partial charge is 0.307 e. The quantitative estimate of drug-likeness (QED) is 0.708. The molecule has 0 amide bonds. The average molecular weight is 204 g/mol. The van der Waals surface area contributed by atoms with Gasteiger partial charge >= 0.3 is 5.97 Å². The van der Waals surface area contributed by atoms with Crippen LogP contribution in [-0.2, 0) is 15.6 Å². The summed E-state index contributed by atoms with van der Waals surface area (Å²) in [7, 11) is -0.932. The summed E-state index contributed by atoms with van der Waals surface area (Å²) in [6, 6.07) is 0. The SMILES string of the molecule is CC(CS(=O)CCC1CC1)C(=O)O. The Morgan fingerprint density at radius 2 is 2.23 bits per heavy atom. The molecule has 1 fully saturated rings. The second-order valence-electron chi connectivity index (χ2n) is 3.78. The van der Waals surface area contributed by atoms with E-state index < -0.39 is 22.7 Å². The summed E-state index contributed by atoms with van der Waals surface area (Å²) in [6.07, 6.45) is 3.55. The number of carboxylic acids is 1. The highest BCUT2D eigenvalue weighted by atomic mass is 32.2. The van der Waals surface area contributed by atoms with Gasteiger partial charge < -0.3 is 5.11 Å². The van der Waals surface area contributed by atoms with Crippen LogP contribution in [0.4, 0.5) is 0 Å². The Bertz CT molecular complexity index is 211. The standard InChI is InChI=1S/C9H16O3S/c1-7(9(10)11)6-13(12)5-4-8-2-3-8/h7-8H,2-6H2,1H3,(H,10,11). The maximum absolute atomic E-state index is 11.3. The molecule has 76 valence electrons. The molecule has 2 unspecified atom stereocenters. The zero-order valence-electron chi connectivity index (χ0n) is 7.86. The third-order valence-electron chi connectivity index (χ3n) is 2.31. The normalized spacial score (nSPS) is 21.0. The van der Waals surface area contributed by atoms with Crippen molar-refractivity contribution < 1.29 is 14.1 Å². The molecule has 13 heavy (non-hydrogen) atoms. The molecule has 0 spiro atoms. The lowest BCUT2D eigenvalue weighted by molar-refractivity contribution is -0.140. The molecule has 0 bridgehead atoms. The van der Waals surface area contributed by atoms with Gasteiger partial charge in [-0.1, -0.05) is 19.8 Å². The van der Waals surface area contributed by atoms with E-state index in [4.69, 9.17) is 5.11 Å². The fourth-order valence-electron chi connectivity index (χ4n) is 1.14. The van der Waals surface area contributed by atoms with Crippen LogP contribution >= 0.6 is 0 Å². The molecule has 0 radical (unpaired) electrons. The fraction of sp³-hybridized carbons (Fsp3) is 0.889. The fourth-order valence-corrected chi connectivity index (χ4v) is 2.60. The molecule has 1 N–H and O–H groups in total. The summed E-state index contributed by atoms with van der Waals surface area (Å²) in [5.41, 5.74) is 0. The molecule has 3 nitrogen and oxygen atoms in total. The number of rotatable bonds is 6. The molecular formula is C9H16O3S. The third kappa shape index (κ3) is 4.41. The van der Waals surface area contributed by atoms with E-state index in [9.17, 15) is 9.00 Å². The highest BCUT2D eigenvalue weighted by molar-refractivity contribution is 7.85. The molecular weight excluding hydrogens is 188 g/mol. The second kappa shape index (κ2) is 4.74. The Kier molecular flexibility index (Phi) is 3.90. The average Bonchev–Trinajstić information content (AvgIpc) is 2.83. The first-order valence-corrected chi connectivity index (χ1v) is 6.16. The lowest BCUT2D eigenvalue weighted by atomic mass is 10.2. The minimum absolute atomic E-state index is 0.308. The minimum Gasteiger partial charge on any atom is -0.481 e. The van der Waals surface area contributed by atoms with Crippen LogP contribution in [0.1, 0.15) is 26.2 Å². The van der Waals surface area contributed by atoms with Gasteiger partial charge in [-0.2, -0.15) is 0 Å². The summed E-state index contributed by atoms with van der Waals surface area (Å²) in [5, 5.41) is 8.59. The molecule has 4 heteroatoms. The topological polar surface area (TPSA) is 54.4 Å². The van der Waals surface area contributed by atoms with Crippen molar-refractivity contribution in [3.05, 3.63) is 0 Å². The van der Waals surface area contributed by atoms with Crippen molar-refractivity contribution in [3.63, 3.8) is 0 Å². The highest BCUT2D eigenvalue weighted by Gasteiger charge is 2.22. The van der Waals surface area contributed by atoms with Crippen LogP contribution in [0.2, 0.25) is 0 Å². The first-order valence-electron chi connectivity index (χ1n) is 4.67. The van der Waals surface area contributed by atoms with Gasteiger partial charge in [0.05, 0.1) is 5.92 Å². The van der Waals surface area contributed by atoms with E-state index in [0.717, 1.165) is 12.3 Å². The molecule has 0 heterocycles. The molecule has 0 aliphatic heterocycles. The third-order valence-corrected chi connectivity index (χ3v) is 3.87. The van der Waals surface area contributed by atoms with Crippen LogP contribution in [0.15, 0.2) is 0 Å². The van der Waals surface area contributed by atoms with Crippen LogP contribution in [0.3, 0.4) is 0 Å². The van der Waals surface area contributed by atoms with E-state index in [1.165, 1.54) is 12.8 Å². The minimum atomic E-state index is -0.932. The molecule has 0 aromatic carbocycles. The number of carbonyl (C=O) groups is 1. The predicted molar refractivity (Wildman–Crippen MR) is 52.0 cm³/mol. The van der Waals surface area contributed by atoms with Crippen LogP contribution in [0, 0.1) is 11.8 Å². The van der Waals surface area contributed by atoms with Gasteiger partial charge in [0.1, 0.15) is 0 Å². The zero-order chi connectivity index (χ0) is 9.84.